The molecule has 3 nitrogen and oxygen atoms in total. The highest BCUT2D eigenvalue weighted by Gasteiger charge is 2.28. The number of rotatable bonds is 3. The van der Waals surface area contributed by atoms with Gasteiger partial charge in [-0.05, 0) is 30.5 Å². The minimum absolute atomic E-state index is 0.109. The second-order valence-electron chi connectivity index (χ2n) is 4.77. The number of halogens is 2. The molecule has 0 aliphatic heterocycles. The third-order valence-electron chi connectivity index (χ3n) is 3.18. The fraction of sp³-hybridized carbons (Fsp3) is 0.286. The van der Waals surface area contributed by atoms with Gasteiger partial charge < -0.3 is 0 Å². The van der Waals surface area contributed by atoms with Crippen LogP contribution in [0.1, 0.15) is 30.1 Å². The summed E-state index contributed by atoms with van der Waals surface area (Å²) in [4.78, 5) is 16.4. The first-order valence-electron chi connectivity index (χ1n) is 6.15. The molecule has 0 N–H and O–H groups in total. The maximum absolute atomic E-state index is 12.1. The molecule has 98 valence electrons. The quantitative estimate of drug-likeness (QED) is 0.813. The van der Waals surface area contributed by atoms with Crippen molar-refractivity contribution in [2.75, 3.05) is 0 Å². The molecule has 0 atom stereocenters. The van der Waals surface area contributed by atoms with Gasteiger partial charge in [0.25, 0.3) is 5.56 Å². The molecule has 1 fully saturated rings. The molecular formula is C14H12Cl2N2O. The van der Waals surface area contributed by atoms with Gasteiger partial charge in [0, 0.05) is 17.0 Å². The molecular weight excluding hydrogens is 283 g/mol. The van der Waals surface area contributed by atoms with Crippen LogP contribution in [0.2, 0.25) is 10.2 Å². The highest BCUT2D eigenvalue weighted by molar-refractivity contribution is 6.30. The maximum atomic E-state index is 12.1. The lowest BCUT2D eigenvalue weighted by molar-refractivity contribution is 0.669. The van der Waals surface area contributed by atoms with E-state index in [1.165, 1.54) is 6.07 Å². The molecule has 1 saturated carbocycles. The van der Waals surface area contributed by atoms with Crippen LogP contribution in [0.4, 0.5) is 0 Å². The second kappa shape index (κ2) is 4.99. The molecule has 1 aliphatic rings. The van der Waals surface area contributed by atoms with E-state index in [9.17, 15) is 4.79 Å². The van der Waals surface area contributed by atoms with E-state index in [0.717, 1.165) is 24.2 Å². The smallest absolute Gasteiger partial charge is 0.255 e. The third kappa shape index (κ3) is 2.82. The van der Waals surface area contributed by atoms with Gasteiger partial charge in [-0.1, -0.05) is 35.3 Å². The summed E-state index contributed by atoms with van der Waals surface area (Å²) in [5.41, 5.74) is 0.877. The minimum atomic E-state index is -0.109. The van der Waals surface area contributed by atoms with Gasteiger partial charge in [0.15, 0.2) is 0 Å². The maximum Gasteiger partial charge on any atom is 0.255 e. The molecule has 19 heavy (non-hydrogen) atoms. The average molecular weight is 295 g/mol. The SMILES string of the molecule is O=c1cc(Cl)nc(C2CC2)n1Cc1cccc(Cl)c1. The molecule has 1 aromatic carbocycles. The standard InChI is InChI=1S/C14H12Cl2N2O/c15-11-3-1-2-9(6-11)8-18-13(19)7-12(16)17-14(18)10-4-5-10/h1-3,6-7,10H,4-5,8H2. The van der Waals surface area contributed by atoms with Crippen LogP contribution >= 0.6 is 23.2 Å². The van der Waals surface area contributed by atoms with E-state index >= 15 is 0 Å². The Kier molecular flexibility index (Phi) is 3.33. The van der Waals surface area contributed by atoms with Crippen LogP contribution in [-0.4, -0.2) is 9.55 Å². The first-order valence-corrected chi connectivity index (χ1v) is 6.91. The first kappa shape index (κ1) is 12.7. The van der Waals surface area contributed by atoms with Crippen LogP contribution in [0.15, 0.2) is 35.1 Å². The third-order valence-corrected chi connectivity index (χ3v) is 3.61. The Labute approximate surface area is 120 Å². The molecule has 2 aromatic rings. The fourth-order valence-corrected chi connectivity index (χ4v) is 2.52. The van der Waals surface area contributed by atoms with Gasteiger partial charge in [0.2, 0.25) is 0 Å². The van der Waals surface area contributed by atoms with E-state index in [4.69, 9.17) is 23.2 Å². The van der Waals surface area contributed by atoms with Gasteiger partial charge >= 0.3 is 0 Å². The zero-order chi connectivity index (χ0) is 13.4. The van der Waals surface area contributed by atoms with Crippen molar-refractivity contribution in [1.29, 1.82) is 0 Å². The van der Waals surface area contributed by atoms with E-state index in [2.05, 4.69) is 4.98 Å². The van der Waals surface area contributed by atoms with Crippen molar-refractivity contribution >= 4 is 23.2 Å². The summed E-state index contributed by atoms with van der Waals surface area (Å²) >= 11 is 11.8. The molecule has 5 heteroatoms. The van der Waals surface area contributed by atoms with E-state index in [-0.39, 0.29) is 10.7 Å². The molecule has 1 aromatic heterocycles. The molecule has 1 aliphatic carbocycles. The van der Waals surface area contributed by atoms with E-state index in [0.29, 0.717) is 17.5 Å². The Balaban J connectivity index is 2.02. The number of nitrogens with zero attached hydrogens (tertiary/aromatic N) is 2. The van der Waals surface area contributed by atoms with Gasteiger partial charge in [0.05, 0.1) is 6.54 Å². The summed E-state index contributed by atoms with van der Waals surface area (Å²) in [6, 6.07) is 8.86. The number of aromatic nitrogens is 2. The highest BCUT2D eigenvalue weighted by Crippen LogP contribution is 2.38. The van der Waals surface area contributed by atoms with Crippen molar-refractivity contribution in [3.63, 3.8) is 0 Å². The summed E-state index contributed by atoms with van der Waals surface area (Å²) in [6.07, 6.45) is 2.14. The van der Waals surface area contributed by atoms with E-state index in [1.54, 1.807) is 4.57 Å². The summed E-state index contributed by atoms with van der Waals surface area (Å²) in [7, 11) is 0. The van der Waals surface area contributed by atoms with Gasteiger partial charge in [-0.2, -0.15) is 0 Å². The molecule has 0 spiro atoms. The van der Waals surface area contributed by atoms with Crippen molar-refractivity contribution in [3.8, 4) is 0 Å². The molecule has 0 bridgehead atoms. The summed E-state index contributed by atoms with van der Waals surface area (Å²) in [5, 5.41) is 0.940. The Morgan fingerprint density at radius 2 is 2.05 bits per heavy atom. The predicted octanol–water partition coefficient (Wildman–Crippen LogP) is 3.48. The Morgan fingerprint density at radius 1 is 1.26 bits per heavy atom. The lowest BCUT2D eigenvalue weighted by atomic mass is 10.2. The molecule has 1 heterocycles. The molecule has 3 rings (SSSR count). The van der Waals surface area contributed by atoms with Crippen LogP contribution in [0.25, 0.3) is 0 Å². The number of benzene rings is 1. The number of hydrogen-bond acceptors (Lipinski definition) is 2. The van der Waals surface area contributed by atoms with Crippen LogP contribution < -0.4 is 5.56 Å². The largest absolute Gasteiger partial charge is 0.292 e. The predicted molar refractivity (Wildman–Crippen MR) is 76.0 cm³/mol. The van der Waals surface area contributed by atoms with Crippen LogP contribution in [0.5, 0.6) is 0 Å². The lowest BCUT2D eigenvalue weighted by Crippen LogP contribution is -2.24. The van der Waals surface area contributed by atoms with Gasteiger partial charge in [0.1, 0.15) is 11.0 Å². The summed E-state index contributed by atoms with van der Waals surface area (Å²) in [6.45, 7) is 0.482. The van der Waals surface area contributed by atoms with E-state index in [1.807, 2.05) is 24.3 Å². The van der Waals surface area contributed by atoms with Crippen LogP contribution in [-0.2, 0) is 6.54 Å². The number of hydrogen-bond donors (Lipinski definition) is 0. The van der Waals surface area contributed by atoms with E-state index < -0.39 is 0 Å². The Bertz CT molecular complexity index is 677. The van der Waals surface area contributed by atoms with Gasteiger partial charge in [-0.25, -0.2) is 4.98 Å². The van der Waals surface area contributed by atoms with Crippen molar-refractivity contribution in [2.24, 2.45) is 0 Å². The second-order valence-corrected chi connectivity index (χ2v) is 5.59. The van der Waals surface area contributed by atoms with Crippen LogP contribution in [0, 0.1) is 0 Å². The molecule has 0 saturated heterocycles. The molecule has 0 unspecified atom stereocenters. The normalized spacial score (nSPS) is 14.6. The average Bonchev–Trinajstić information content (AvgIpc) is 3.16. The van der Waals surface area contributed by atoms with Crippen molar-refractivity contribution < 1.29 is 0 Å². The zero-order valence-corrected chi connectivity index (χ0v) is 11.7. The first-order chi connectivity index (χ1) is 9.13. The van der Waals surface area contributed by atoms with Crippen molar-refractivity contribution in [1.82, 2.24) is 9.55 Å². The molecule has 0 amide bonds. The highest BCUT2D eigenvalue weighted by atomic mass is 35.5. The van der Waals surface area contributed by atoms with Gasteiger partial charge in [-0.15, -0.1) is 0 Å². The monoisotopic (exact) mass is 294 g/mol. The Morgan fingerprint density at radius 3 is 2.74 bits per heavy atom. The van der Waals surface area contributed by atoms with Crippen molar-refractivity contribution in [3.05, 3.63) is 62.2 Å². The zero-order valence-electron chi connectivity index (χ0n) is 10.1. The Hall–Kier alpha value is -1.32. The topological polar surface area (TPSA) is 34.9 Å². The van der Waals surface area contributed by atoms with Gasteiger partial charge in [-0.3, -0.25) is 9.36 Å². The van der Waals surface area contributed by atoms with Crippen LogP contribution in [0.3, 0.4) is 0 Å². The summed E-state index contributed by atoms with van der Waals surface area (Å²) in [5.74, 6) is 1.16. The summed E-state index contributed by atoms with van der Waals surface area (Å²) < 4.78 is 1.69. The minimum Gasteiger partial charge on any atom is -0.292 e. The van der Waals surface area contributed by atoms with Crippen molar-refractivity contribution in [2.45, 2.75) is 25.3 Å². The molecule has 0 radical (unpaired) electrons. The fourth-order valence-electron chi connectivity index (χ4n) is 2.12. The lowest BCUT2D eigenvalue weighted by Gasteiger charge is -2.11.